The lowest BCUT2D eigenvalue weighted by atomic mass is 10.2. The molecule has 0 radical (unpaired) electrons. The highest BCUT2D eigenvalue weighted by Gasteiger charge is 2.28. The highest BCUT2D eigenvalue weighted by atomic mass is 79.9. The van der Waals surface area contributed by atoms with Gasteiger partial charge in [-0.1, -0.05) is 11.6 Å². The first-order chi connectivity index (χ1) is 7.99. The molecule has 1 atom stereocenters. The molecule has 1 aromatic rings. The van der Waals surface area contributed by atoms with Gasteiger partial charge in [-0.2, -0.15) is 0 Å². The number of hydrogen-bond donors (Lipinski definition) is 0. The first kappa shape index (κ1) is 12.8. The average Bonchev–Trinajstić information content (AvgIpc) is 2.69. The molecule has 0 spiro atoms. The lowest BCUT2D eigenvalue weighted by molar-refractivity contribution is 0.0782. The summed E-state index contributed by atoms with van der Waals surface area (Å²) in [6.07, 6.45) is -0.538. The lowest BCUT2D eigenvalue weighted by Crippen LogP contribution is -2.29. The maximum atomic E-state index is 13.0. The predicted octanol–water partition coefficient (Wildman–Crippen LogP) is 2.99. The summed E-state index contributed by atoms with van der Waals surface area (Å²) in [6, 6.07) is 1.64. The maximum absolute atomic E-state index is 13.0. The Morgan fingerprint density at radius 1 is 1.71 bits per heavy atom. The number of rotatable bonds is 1. The quantitative estimate of drug-likeness (QED) is 0.745. The van der Waals surface area contributed by atoms with E-state index in [-0.39, 0.29) is 17.6 Å². The van der Waals surface area contributed by atoms with Crippen molar-refractivity contribution in [3.05, 3.63) is 26.9 Å². The fourth-order valence-corrected chi connectivity index (χ4v) is 2.35. The van der Waals surface area contributed by atoms with Gasteiger partial charge in [0.25, 0.3) is 5.91 Å². The Bertz CT molecular complexity index is 469. The summed E-state index contributed by atoms with van der Waals surface area (Å²) in [6.45, 7) is 2.36. The summed E-state index contributed by atoms with van der Waals surface area (Å²) in [4.78, 5) is 17.6. The second-order valence-corrected chi connectivity index (χ2v) is 5.24. The second-order valence-electron chi connectivity index (χ2n) is 4.03. The fourth-order valence-electron chi connectivity index (χ4n) is 1.77. The van der Waals surface area contributed by atoms with Crippen molar-refractivity contribution in [2.24, 2.45) is 0 Å². The number of nitrogens with zero attached hydrogens (tertiary/aromatic N) is 2. The normalized spacial score (nSPS) is 19.8. The lowest BCUT2D eigenvalue weighted by Gasteiger charge is -2.16. The molecule has 0 aliphatic carbocycles. The van der Waals surface area contributed by atoms with Crippen LogP contribution in [0, 0.1) is 6.92 Å². The topological polar surface area (TPSA) is 33.2 Å². The average molecular weight is 322 g/mol. The maximum Gasteiger partial charge on any atom is 0.257 e. The predicted molar refractivity (Wildman–Crippen MR) is 67.1 cm³/mol. The molecule has 1 saturated heterocycles. The molecule has 1 aliphatic rings. The van der Waals surface area contributed by atoms with Crippen molar-refractivity contribution in [3.63, 3.8) is 0 Å². The van der Waals surface area contributed by atoms with Crippen LogP contribution in [0.1, 0.15) is 22.5 Å². The van der Waals surface area contributed by atoms with E-state index in [0.29, 0.717) is 18.5 Å². The number of likely N-dealkylation sites (tertiary alicyclic amines) is 1. The molecule has 92 valence electrons. The number of aromatic nitrogens is 1. The number of carbonyl (C=O) groups is 1. The molecule has 2 heterocycles. The van der Waals surface area contributed by atoms with Crippen molar-refractivity contribution in [2.45, 2.75) is 19.5 Å². The van der Waals surface area contributed by atoms with E-state index in [1.165, 1.54) is 4.90 Å². The third-order valence-electron chi connectivity index (χ3n) is 2.75. The SMILES string of the molecule is Cc1nc(Cl)c(C(=O)N2CC[C@H](F)C2)cc1Br. The molecule has 0 unspecified atom stereocenters. The van der Waals surface area contributed by atoms with Crippen molar-refractivity contribution < 1.29 is 9.18 Å². The van der Waals surface area contributed by atoms with Gasteiger partial charge in [-0.15, -0.1) is 0 Å². The van der Waals surface area contributed by atoms with Gasteiger partial charge in [-0.25, -0.2) is 9.37 Å². The zero-order chi connectivity index (χ0) is 12.6. The second kappa shape index (κ2) is 4.90. The monoisotopic (exact) mass is 320 g/mol. The third-order valence-corrected chi connectivity index (χ3v) is 3.84. The summed E-state index contributed by atoms with van der Waals surface area (Å²) in [7, 11) is 0. The van der Waals surface area contributed by atoms with Crippen molar-refractivity contribution in [1.29, 1.82) is 0 Å². The molecule has 0 aromatic carbocycles. The first-order valence-corrected chi connectivity index (χ1v) is 6.42. The fraction of sp³-hybridized carbons (Fsp3) is 0.455. The molecule has 6 heteroatoms. The van der Waals surface area contributed by atoms with Gasteiger partial charge in [-0.3, -0.25) is 4.79 Å². The molecule has 17 heavy (non-hydrogen) atoms. The van der Waals surface area contributed by atoms with Crippen LogP contribution in [0.2, 0.25) is 5.15 Å². The Morgan fingerprint density at radius 2 is 2.41 bits per heavy atom. The molecule has 3 nitrogen and oxygen atoms in total. The van der Waals surface area contributed by atoms with Crippen LogP contribution < -0.4 is 0 Å². The number of alkyl halides is 1. The molecule has 1 aliphatic heterocycles. The highest BCUT2D eigenvalue weighted by molar-refractivity contribution is 9.10. The van der Waals surface area contributed by atoms with Gasteiger partial charge in [0.2, 0.25) is 0 Å². The van der Waals surface area contributed by atoms with Gasteiger partial charge in [0.05, 0.1) is 17.8 Å². The Hall–Kier alpha value is -0.680. The number of hydrogen-bond acceptors (Lipinski definition) is 2. The van der Waals surface area contributed by atoms with E-state index >= 15 is 0 Å². The number of carbonyl (C=O) groups excluding carboxylic acids is 1. The van der Waals surface area contributed by atoms with E-state index < -0.39 is 6.17 Å². The minimum Gasteiger partial charge on any atom is -0.336 e. The third kappa shape index (κ3) is 2.60. The molecule has 2 rings (SSSR count). The summed E-state index contributed by atoms with van der Waals surface area (Å²) in [5.41, 5.74) is 1.04. The van der Waals surface area contributed by atoms with Crippen LogP contribution >= 0.6 is 27.5 Å². The number of amides is 1. The van der Waals surface area contributed by atoms with Crippen LogP contribution in [-0.4, -0.2) is 35.1 Å². The Kier molecular flexibility index (Phi) is 3.68. The van der Waals surface area contributed by atoms with Gasteiger partial charge in [0.1, 0.15) is 11.3 Å². The van der Waals surface area contributed by atoms with Gasteiger partial charge in [-0.05, 0) is 35.3 Å². The van der Waals surface area contributed by atoms with Gasteiger partial charge in [0, 0.05) is 11.0 Å². The van der Waals surface area contributed by atoms with E-state index in [2.05, 4.69) is 20.9 Å². The zero-order valence-electron chi connectivity index (χ0n) is 9.21. The van der Waals surface area contributed by atoms with E-state index in [0.717, 1.165) is 10.2 Å². The zero-order valence-corrected chi connectivity index (χ0v) is 11.6. The van der Waals surface area contributed by atoms with Crippen LogP contribution in [-0.2, 0) is 0 Å². The van der Waals surface area contributed by atoms with E-state index in [4.69, 9.17) is 11.6 Å². The van der Waals surface area contributed by atoms with Crippen molar-refractivity contribution >= 4 is 33.4 Å². The Morgan fingerprint density at radius 3 is 3.00 bits per heavy atom. The molecule has 0 N–H and O–H groups in total. The highest BCUT2D eigenvalue weighted by Crippen LogP contribution is 2.24. The van der Waals surface area contributed by atoms with E-state index in [1.54, 1.807) is 13.0 Å². The van der Waals surface area contributed by atoms with E-state index in [1.807, 2.05) is 0 Å². The van der Waals surface area contributed by atoms with Crippen molar-refractivity contribution in [2.75, 3.05) is 13.1 Å². The van der Waals surface area contributed by atoms with Gasteiger partial charge < -0.3 is 4.90 Å². The molecule has 1 aromatic heterocycles. The molecule has 0 saturated carbocycles. The first-order valence-electron chi connectivity index (χ1n) is 5.25. The minimum absolute atomic E-state index is 0.140. The van der Waals surface area contributed by atoms with Crippen LogP contribution in [0.25, 0.3) is 0 Å². The van der Waals surface area contributed by atoms with Crippen molar-refractivity contribution in [1.82, 2.24) is 9.88 Å². The minimum atomic E-state index is -0.931. The Balaban J connectivity index is 2.28. The molecule has 1 fully saturated rings. The summed E-state index contributed by atoms with van der Waals surface area (Å²) >= 11 is 9.24. The summed E-state index contributed by atoms with van der Waals surface area (Å²) < 4.78 is 13.8. The number of halogens is 3. The summed E-state index contributed by atoms with van der Waals surface area (Å²) in [5.74, 6) is -0.261. The van der Waals surface area contributed by atoms with Crippen molar-refractivity contribution in [3.8, 4) is 0 Å². The van der Waals surface area contributed by atoms with Crippen LogP contribution in [0.5, 0.6) is 0 Å². The number of pyridine rings is 1. The van der Waals surface area contributed by atoms with Crippen LogP contribution in [0.4, 0.5) is 4.39 Å². The summed E-state index contributed by atoms with van der Waals surface area (Å²) in [5, 5.41) is 0.165. The number of aryl methyl sites for hydroxylation is 1. The molecule has 1 amide bonds. The molecular weight excluding hydrogens is 310 g/mol. The smallest absolute Gasteiger partial charge is 0.257 e. The Labute approximate surface area is 112 Å². The molecular formula is C11H11BrClFN2O. The largest absolute Gasteiger partial charge is 0.336 e. The van der Waals surface area contributed by atoms with E-state index in [9.17, 15) is 9.18 Å². The van der Waals surface area contributed by atoms with Gasteiger partial charge >= 0.3 is 0 Å². The standard InChI is InChI=1S/C11H11BrClFN2O/c1-6-9(12)4-8(10(13)15-6)11(17)16-3-2-7(14)5-16/h4,7H,2-3,5H2,1H3/t7-/m0/s1. The van der Waals surface area contributed by atoms with Crippen LogP contribution in [0.15, 0.2) is 10.5 Å². The molecule has 0 bridgehead atoms. The van der Waals surface area contributed by atoms with Gasteiger partial charge in [0.15, 0.2) is 0 Å². The van der Waals surface area contributed by atoms with Crippen LogP contribution in [0.3, 0.4) is 0 Å².